The van der Waals surface area contributed by atoms with Crippen LogP contribution in [0.4, 0.5) is 10.1 Å². The van der Waals surface area contributed by atoms with Gasteiger partial charge in [-0.15, -0.1) is 0 Å². The molecular formula is C15H16FNO2. The van der Waals surface area contributed by atoms with Gasteiger partial charge in [0, 0.05) is 12.2 Å². The Hall–Kier alpha value is -2.23. The molecule has 19 heavy (non-hydrogen) atoms. The van der Waals surface area contributed by atoms with Crippen LogP contribution in [0.1, 0.15) is 0 Å². The molecule has 0 spiro atoms. The van der Waals surface area contributed by atoms with Gasteiger partial charge in [0.2, 0.25) is 0 Å². The van der Waals surface area contributed by atoms with Gasteiger partial charge in [-0.05, 0) is 42.5 Å². The lowest BCUT2D eigenvalue weighted by Crippen LogP contribution is -2.11. The number of ether oxygens (including phenoxy) is 2. The number of nitrogens with one attached hydrogen (secondary N) is 1. The van der Waals surface area contributed by atoms with Gasteiger partial charge in [-0.25, -0.2) is 4.39 Å². The molecule has 0 atom stereocenters. The Morgan fingerprint density at radius 3 is 2.47 bits per heavy atom. The van der Waals surface area contributed by atoms with Crippen molar-refractivity contribution in [3.63, 3.8) is 0 Å². The molecule has 2 aromatic rings. The van der Waals surface area contributed by atoms with E-state index in [9.17, 15) is 4.39 Å². The first-order chi connectivity index (χ1) is 9.28. The van der Waals surface area contributed by atoms with E-state index in [4.69, 9.17) is 9.47 Å². The number of anilines is 1. The normalized spacial score (nSPS) is 10.0. The molecule has 0 aliphatic heterocycles. The molecule has 0 heterocycles. The zero-order chi connectivity index (χ0) is 13.5. The molecule has 0 aromatic heterocycles. The van der Waals surface area contributed by atoms with Crippen molar-refractivity contribution in [2.45, 2.75) is 0 Å². The molecule has 0 amide bonds. The van der Waals surface area contributed by atoms with Crippen molar-refractivity contribution >= 4 is 5.69 Å². The standard InChI is InChI=1S/C15H16FNO2/c1-18-14-5-7-15(8-6-14)19-10-9-17-13-4-2-3-12(16)11-13/h2-8,11,17H,9-10H2,1H3. The van der Waals surface area contributed by atoms with Crippen LogP contribution in [0.2, 0.25) is 0 Å². The van der Waals surface area contributed by atoms with Crippen molar-refractivity contribution < 1.29 is 13.9 Å². The summed E-state index contributed by atoms with van der Waals surface area (Å²) in [7, 11) is 1.62. The Morgan fingerprint density at radius 1 is 1.05 bits per heavy atom. The van der Waals surface area contributed by atoms with E-state index in [1.807, 2.05) is 30.3 Å². The quantitative estimate of drug-likeness (QED) is 0.809. The number of rotatable bonds is 6. The van der Waals surface area contributed by atoms with E-state index >= 15 is 0 Å². The van der Waals surface area contributed by atoms with Crippen molar-refractivity contribution in [2.75, 3.05) is 25.6 Å². The first-order valence-electron chi connectivity index (χ1n) is 6.04. The predicted molar refractivity (Wildman–Crippen MR) is 73.4 cm³/mol. The van der Waals surface area contributed by atoms with E-state index in [0.717, 1.165) is 17.2 Å². The van der Waals surface area contributed by atoms with Crippen LogP contribution in [-0.4, -0.2) is 20.3 Å². The van der Waals surface area contributed by atoms with E-state index in [0.29, 0.717) is 13.2 Å². The van der Waals surface area contributed by atoms with Crippen LogP contribution in [0.5, 0.6) is 11.5 Å². The maximum atomic E-state index is 12.9. The zero-order valence-corrected chi connectivity index (χ0v) is 10.7. The minimum absolute atomic E-state index is 0.249. The van der Waals surface area contributed by atoms with Crippen LogP contribution in [0.3, 0.4) is 0 Å². The number of halogens is 1. The van der Waals surface area contributed by atoms with Crippen LogP contribution >= 0.6 is 0 Å². The Labute approximate surface area is 112 Å². The van der Waals surface area contributed by atoms with Crippen LogP contribution in [0.25, 0.3) is 0 Å². The summed E-state index contributed by atoms with van der Waals surface area (Å²) >= 11 is 0. The third-order valence-electron chi connectivity index (χ3n) is 2.58. The van der Waals surface area contributed by atoms with Crippen molar-refractivity contribution in [1.82, 2.24) is 0 Å². The third kappa shape index (κ3) is 4.17. The average Bonchev–Trinajstić information content (AvgIpc) is 2.44. The first-order valence-corrected chi connectivity index (χ1v) is 6.04. The Morgan fingerprint density at radius 2 is 1.79 bits per heavy atom. The Balaban J connectivity index is 1.74. The van der Waals surface area contributed by atoms with Gasteiger partial charge < -0.3 is 14.8 Å². The smallest absolute Gasteiger partial charge is 0.125 e. The topological polar surface area (TPSA) is 30.5 Å². The number of hydrogen-bond donors (Lipinski definition) is 1. The average molecular weight is 261 g/mol. The molecule has 0 saturated heterocycles. The molecule has 100 valence electrons. The maximum absolute atomic E-state index is 12.9. The lowest BCUT2D eigenvalue weighted by atomic mass is 10.3. The molecule has 2 rings (SSSR count). The zero-order valence-electron chi connectivity index (χ0n) is 10.7. The van der Waals surface area contributed by atoms with Crippen molar-refractivity contribution in [1.29, 1.82) is 0 Å². The highest BCUT2D eigenvalue weighted by Gasteiger charge is 1.96. The van der Waals surface area contributed by atoms with Gasteiger partial charge in [0.1, 0.15) is 23.9 Å². The van der Waals surface area contributed by atoms with Gasteiger partial charge in [-0.3, -0.25) is 0 Å². The second-order valence-electron chi connectivity index (χ2n) is 3.96. The third-order valence-corrected chi connectivity index (χ3v) is 2.58. The first kappa shape index (κ1) is 13.2. The second kappa shape index (κ2) is 6.64. The summed E-state index contributed by atoms with van der Waals surface area (Å²) in [6.07, 6.45) is 0. The van der Waals surface area contributed by atoms with Crippen molar-refractivity contribution in [3.8, 4) is 11.5 Å². The van der Waals surface area contributed by atoms with Gasteiger partial charge in [0.05, 0.1) is 7.11 Å². The molecule has 2 aromatic carbocycles. The van der Waals surface area contributed by atoms with Gasteiger partial charge in [-0.2, -0.15) is 0 Å². The van der Waals surface area contributed by atoms with Gasteiger partial charge in [-0.1, -0.05) is 6.07 Å². The van der Waals surface area contributed by atoms with E-state index in [1.54, 1.807) is 13.2 Å². The van der Waals surface area contributed by atoms with Gasteiger partial charge >= 0.3 is 0 Å². The highest BCUT2D eigenvalue weighted by molar-refractivity contribution is 5.42. The monoisotopic (exact) mass is 261 g/mol. The summed E-state index contributed by atoms with van der Waals surface area (Å²) < 4.78 is 23.5. The van der Waals surface area contributed by atoms with Crippen molar-refractivity contribution in [2.24, 2.45) is 0 Å². The lowest BCUT2D eigenvalue weighted by molar-refractivity contribution is 0.331. The summed E-state index contributed by atoms with van der Waals surface area (Å²) in [6.45, 7) is 1.11. The molecule has 0 fully saturated rings. The second-order valence-corrected chi connectivity index (χ2v) is 3.96. The van der Waals surface area contributed by atoms with Crippen LogP contribution in [0, 0.1) is 5.82 Å². The molecular weight excluding hydrogens is 245 g/mol. The SMILES string of the molecule is COc1ccc(OCCNc2cccc(F)c2)cc1. The number of methoxy groups -OCH3 is 1. The summed E-state index contributed by atoms with van der Waals surface area (Å²) in [5.74, 6) is 1.33. The van der Waals surface area contributed by atoms with E-state index in [2.05, 4.69) is 5.32 Å². The molecule has 0 bridgehead atoms. The predicted octanol–water partition coefficient (Wildman–Crippen LogP) is 3.33. The highest BCUT2D eigenvalue weighted by Crippen LogP contribution is 2.16. The van der Waals surface area contributed by atoms with Crippen LogP contribution in [0.15, 0.2) is 48.5 Å². The minimum Gasteiger partial charge on any atom is -0.497 e. The molecule has 0 aliphatic rings. The van der Waals surface area contributed by atoms with Gasteiger partial charge in [0.25, 0.3) is 0 Å². The molecule has 0 unspecified atom stereocenters. The van der Waals surface area contributed by atoms with E-state index in [1.165, 1.54) is 12.1 Å². The molecule has 0 saturated carbocycles. The molecule has 4 heteroatoms. The fraction of sp³-hybridized carbons (Fsp3) is 0.200. The van der Waals surface area contributed by atoms with Crippen molar-refractivity contribution in [3.05, 3.63) is 54.3 Å². The van der Waals surface area contributed by atoms with E-state index < -0.39 is 0 Å². The Kier molecular flexibility index (Phi) is 4.61. The summed E-state index contributed by atoms with van der Waals surface area (Å²) in [6, 6.07) is 13.7. The summed E-state index contributed by atoms with van der Waals surface area (Å²) in [5.41, 5.74) is 0.748. The van der Waals surface area contributed by atoms with Crippen LogP contribution in [-0.2, 0) is 0 Å². The lowest BCUT2D eigenvalue weighted by Gasteiger charge is -2.09. The summed E-state index contributed by atoms with van der Waals surface area (Å²) in [5, 5.41) is 3.09. The van der Waals surface area contributed by atoms with Gasteiger partial charge in [0.15, 0.2) is 0 Å². The number of benzene rings is 2. The fourth-order valence-corrected chi connectivity index (χ4v) is 1.63. The highest BCUT2D eigenvalue weighted by atomic mass is 19.1. The fourth-order valence-electron chi connectivity index (χ4n) is 1.63. The molecule has 0 radical (unpaired) electrons. The molecule has 3 nitrogen and oxygen atoms in total. The summed E-state index contributed by atoms with van der Waals surface area (Å²) in [4.78, 5) is 0. The largest absolute Gasteiger partial charge is 0.497 e. The number of hydrogen-bond acceptors (Lipinski definition) is 3. The molecule has 1 N–H and O–H groups in total. The van der Waals surface area contributed by atoms with E-state index in [-0.39, 0.29) is 5.82 Å². The van der Waals surface area contributed by atoms with Crippen LogP contribution < -0.4 is 14.8 Å². The Bertz CT molecular complexity index is 514. The minimum atomic E-state index is -0.249. The maximum Gasteiger partial charge on any atom is 0.125 e. The molecule has 0 aliphatic carbocycles.